The molecule has 0 saturated carbocycles. The van der Waals surface area contributed by atoms with E-state index in [1.807, 2.05) is 12.2 Å². The Kier molecular flexibility index (Phi) is 22.2. The fourth-order valence-electron chi connectivity index (χ4n) is 0.340. The topological polar surface area (TPSA) is 0 Å². The summed E-state index contributed by atoms with van der Waals surface area (Å²) in [5.41, 5.74) is 0. The average Bonchev–Trinajstić information content (AvgIpc) is 1.76. The van der Waals surface area contributed by atoms with E-state index in [4.69, 9.17) is 0 Å². The van der Waals surface area contributed by atoms with Crippen molar-refractivity contribution in [2.24, 2.45) is 0 Å². The molecule has 0 amide bonds. The summed E-state index contributed by atoms with van der Waals surface area (Å²) in [6, 6.07) is 0. The van der Waals surface area contributed by atoms with Crippen molar-refractivity contribution < 1.29 is 57.5 Å². The number of rotatable bonds is 0. The molecule has 0 aromatic heterocycles. The molecule has 0 radical (unpaired) electrons. The van der Waals surface area contributed by atoms with Gasteiger partial charge in [0.05, 0.1) is 0 Å². The Hall–Kier alpha value is 1.16. The van der Waals surface area contributed by atoms with E-state index in [0.717, 1.165) is 6.42 Å². The first-order chi connectivity index (χ1) is 2.50. The van der Waals surface area contributed by atoms with Crippen molar-refractivity contribution in [2.75, 3.05) is 0 Å². The molecule has 1 aliphatic rings. The molecule has 0 atom stereocenters. The van der Waals surface area contributed by atoms with Gasteiger partial charge in [-0.3, -0.25) is 6.08 Å². The van der Waals surface area contributed by atoms with Crippen LogP contribution in [0.3, 0.4) is 0 Å². The summed E-state index contributed by atoms with van der Waals surface area (Å²) in [6.45, 7) is 0. The van der Waals surface area contributed by atoms with Gasteiger partial charge in [0.15, 0.2) is 0 Å². The van der Waals surface area contributed by atoms with Gasteiger partial charge in [-0.25, -0.2) is 12.2 Å². The Labute approximate surface area is 87.5 Å². The molecule has 0 unspecified atom stereocenters. The zero-order chi connectivity index (χ0) is 3.54. The summed E-state index contributed by atoms with van der Waals surface area (Å²) < 4.78 is 0. The number of hydrogen-bond acceptors (Lipinski definition) is 0. The molecule has 42 valence electrons. The van der Waals surface area contributed by atoms with Gasteiger partial charge >= 0.3 is 32.7 Å². The van der Waals surface area contributed by atoms with Crippen molar-refractivity contribution in [2.45, 2.75) is 6.42 Å². The molecule has 0 saturated heterocycles. The van der Waals surface area contributed by atoms with E-state index in [9.17, 15) is 0 Å². The fraction of sp³-hybridized carbons (Fsp3) is 0.200. The predicted octanol–water partition coefficient (Wildman–Crippen LogP) is -4.69. The molecule has 1 aliphatic carbocycles. The van der Waals surface area contributed by atoms with Crippen LogP contribution in [-0.4, -0.2) is 0 Å². The Morgan fingerprint density at radius 3 is 2.00 bits per heavy atom. The predicted molar refractivity (Wildman–Crippen MR) is 21.6 cm³/mol. The normalized spacial score (nSPS) is 11.0. The van der Waals surface area contributed by atoms with Crippen LogP contribution in [0.25, 0.3) is 0 Å². The van der Waals surface area contributed by atoms with Crippen molar-refractivity contribution in [3.63, 3.8) is 0 Å². The summed E-state index contributed by atoms with van der Waals surface area (Å²) in [6.07, 6.45) is 10.0. The van der Waals surface area contributed by atoms with E-state index in [-0.39, 0.29) is 57.5 Å². The Morgan fingerprint density at radius 1 is 1.25 bits per heavy atom. The molecule has 8 heavy (non-hydrogen) atoms. The first kappa shape index (κ1) is 16.1. The number of allylic oxidation sites excluding steroid dienone is 4. The van der Waals surface area contributed by atoms with Crippen molar-refractivity contribution in [3.8, 4) is 0 Å². The quantitative estimate of drug-likeness (QED) is 0.363. The van der Waals surface area contributed by atoms with E-state index in [1.54, 1.807) is 0 Å². The Bertz CT molecular complexity index is 68.5. The van der Waals surface area contributed by atoms with Crippen molar-refractivity contribution in [1.82, 2.24) is 0 Å². The third-order valence-corrected chi connectivity index (χ3v) is 0.586. The third-order valence-electron chi connectivity index (χ3n) is 0.586. The van der Waals surface area contributed by atoms with Crippen molar-refractivity contribution in [3.05, 3.63) is 24.3 Å². The van der Waals surface area contributed by atoms with Crippen LogP contribution in [0.4, 0.5) is 0 Å². The van der Waals surface area contributed by atoms with E-state index in [0.29, 0.717) is 0 Å². The van der Waals surface area contributed by atoms with Gasteiger partial charge in [0.2, 0.25) is 0 Å². The van der Waals surface area contributed by atoms with Crippen molar-refractivity contribution >= 4 is 0 Å². The molecule has 0 heterocycles. The summed E-state index contributed by atoms with van der Waals surface area (Å²) in [5, 5.41) is 0. The zero-order valence-corrected chi connectivity index (χ0v) is 8.62. The number of halogens is 2. The molecule has 0 fully saturated rings. The molecule has 0 aromatic rings. The van der Waals surface area contributed by atoms with Gasteiger partial charge in [0, 0.05) is 0 Å². The Morgan fingerprint density at radius 2 is 1.88 bits per heavy atom. The molecule has 0 N–H and O–H groups in total. The first-order valence-corrected chi connectivity index (χ1v) is 1.72. The van der Waals surface area contributed by atoms with Crippen LogP contribution in [0.2, 0.25) is 0 Å². The first-order valence-electron chi connectivity index (χ1n) is 1.72. The maximum atomic E-state index is 2.99. The van der Waals surface area contributed by atoms with Crippen LogP contribution in [0.15, 0.2) is 18.2 Å². The van der Waals surface area contributed by atoms with Gasteiger partial charge < -0.3 is 24.8 Å². The molecular formula is C5H5Cl2Y. The van der Waals surface area contributed by atoms with E-state index in [2.05, 4.69) is 12.2 Å². The monoisotopic (exact) mass is 224 g/mol. The fourth-order valence-corrected chi connectivity index (χ4v) is 0.340. The zero-order valence-electron chi connectivity index (χ0n) is 4.27. The SMILES string of the molecule is [C-]1=CC=CC1.[Cl-].[Cl-].[Y+3]. The van der Waals surface area contributed by atoms with E-state index >= 15 is 0 Å². The van der Waals surface area contributed by atoms with Crippen LogP contribution in [0.1, 0.15) is 6.42 Å². The van der Waals surface area contributed by atoms with E-state index in [1.165, 1.54) is 0 Å². The van der Waals surface area contributed by atoms with Gasteiger partial charge in [0.25, 0.3) is 0 Å². The summed E-state index contributed by atoms with van der Waals surface area (Å²) in [5.74, 6) is 0. The average molecular weight is 225 g/mol. The third kappa shape index (κ3) is 7.16. The minimum absolute atomic E-state index is 0. The van der Waals surface area contributed by atoms with Gasteiger partial charge in [-0.1, -0.05) is 0 Å². The van der Waals surface area contributed by atoms with Gasteiger partial charge in [-0.15, -0.1) is 6.42 Å². The minimum atomic E-state index is 0. The Balaban J connectivity index is -0.0000000833. The maximum Gasteiger partial charge on any atom is 3.00 e. The number of hydrogen-bond donors (Lipinski definition) is 0. The van der Waals surface area contributed by atoms with Crippen molar-refractivity contribution in [1.29, 1.82) is 0 Å². The molecule has 0 bridgehead atoms. The van der Waals surface area contributed by atoms with Crippen LogP contribution in [0, 0.1) is 6.08 Å². The standard InChI is InChI=1S/C5H5.2ClH.Y/c1-2-4-5-3-1;;;/h1-3H,4H2;2*1H;/q-1;;;+3/p-2. The molecule has 3 heteroatoms. The van der Waals surface area contributed by atoms with Gasteiger partial charge in [-0.2, -0.15) is 6.08 Å². The summed E-state index contributed by atoms with van der Waals surface area (Å²) in [4.78, 5) is 0. The molecule has 0 aromatic carbocycles. The summed E-state index contributed by atoms with van der Waals surface area (Å²) in [7, 11) is 0. The molecule has 0 nitrogen and oxygen atoms in total. The smallest absolute Gasteiger partial charge is 1.00 e. The summed E-state index contributed by atoms with van der Waals surface area (Å²) >= 11 is 0. The van der Waals surface area contributed by atoms with Crippen LogP contribution in [-0.2, 0) is 32.7 Å². The van der Waals surface area contributed by atoms with Gasteiger partial charge in [-0.05, 0) is 0 Å². The second kappa shape index (κ2) is 11.0. The molecular weight excluding hydrogens is 220 g/mol. The van der Waals surface area contributed by atoms with Gasteiger partial charge in [0.1, 0.15) is 0 Å². The molecule has 0 aliphatic heterocycles. The second-order valence-electron chi connectivity index (χ2n) is 1.00. The van der Waals surface area contributed by atoms with Crippen LogP contribution < -0.4 is 24.8 Å². The largest absolute Gasteiger partial charge is 3.00 e. The van der Waals surface area contributed by atoms with Crippen LogP contribution >= 0.6 is 0 Å². The maximum absolute atomic E-state index is 2.99. The molecule has 1 rings (SSSR count). The molecule has 0 spiro atoms. The van der Waals surface area contributed by atoms with Crippen LogP contribution in [0.5, 0.6) is 0 Å². The minimum Gasteiger partial charge on any atom is -1.00 e. The van der Waals surface area contributed by atoms with E-state index < -0.39 is 0 Å². The second-order valence-corrected chi connectivity index (χ2v) is 1.00.